The number of benzene rings is 2. The Bertz CT molecular complexity index is 1100. The summed E-state index contributed by atoms with van der Waals surface area (Å²) in [5.41, 5.74) is 0.711. The van der Waals surface area contributed by atoms with Gasteiger partial charge in [-0.25, -0.2) is 0 Å². The summed E-state index contributed by atoms with van der Waals surface area (Å²) in [7, 11) is 0. The summed E-state index contributed by atoms with van der Waals surface area (Å²) in [6, 6.07) is 16.4. The van der Waals surface area contributed by atoms with Gasteiger partial charge in [0.2, 0.25) is 6.10 Å². The SMILES string of the molecule is O=C(Nc1nnc(-c2cc3ccccc3o2)o1)C1COc2ccccc2O1. The number of rotatable bonds is 3. The summed E-state index contributed by atoms with van der Waals surface area (Å²) in [5, 5.41) is 11.2. The number of nitrogens with zero attached hydrogens (tertiary/aromatic N) is 2. The Morgan fingerprint density at radius 2 is 1.81 bits per heavy atom. The first-order valence-corrected chi connectivity index (χ1v) is 8.28. The van der Waals surface area contributed by atoms with Crippen LogP contribution in [0.5, 0.6) is 11.5 Å². The first-order chi connectivity index (χ1) is 13.3. The molecular weight excluding hydrogens is 350 g/mol. The number of furan rings is 1. The van der Waals surface area contributed by atoms with E-state index in [1.807, 2.05) is 30.3 Å². The number of carbonyl (C=O) groups excluding carboxylic acids is 1. The van der Waals surface area contributed by atoms with Gasteiger partial charge >= 0.3 is 6.01 Å². The number of para-hydroxylation sites is 3. The van der Waals surface area contributed by atoms with Crippen LogP contribution in [0.3, 0.4) is 0 Å². The topological polar surface area (TPSA) is 99.6 Å². The van der Waals surface area contributed by atoms with Crippen molar-refractivity contribution >= 4 is 22.9 Å². The maximum absolute atomic E-state index is 12.4. The molecule has 1 aliphatic heterocycles. The van der Waals surface area contributed by atoms with Crippen LogP contribution in [0.4, 0.5) is 6.01 Å². The van der Waals surface area contributed by atoms with Gasteiger partial charge in [0.15, 0.2) is 17.3 Å². The molecule has 27 heavy (non-hydrogen) atoms. The van der Waals surface area contributed by atoms with Crippen molar-refractivity contribution in [3.05, 3.63) is 54.6 Å². The Labute approximate surface area is 152 Å². The molecule has 1 amide bonds. The van der Waals surface area contributed by atoms with Gasteiger partial charge in [-0.3, -0.25) is 10.1 Å². The average molecular weight is 363 g/mol. The number of carbonyl (C=O) groups is 1. The van der Waals surface area contributed by atoms with Gasteiger partial charge in [0.25, 0.3) is 11.8 Å². The third kappa shape index (κ3) is 2.86. The highest BCUT2D eigenvalue weighted by atomic mass is 16.6. The third-order valence-electron chi connectivity index (χ3n) is 4.09. The zero-order chi connectivity index (χ0) is 18.2. The molecule has 0 saturated carbocycles. The van der Waals surface area contributed by atoms with Crippen LogP contribution in [0.2, 0.25) is 0 Å². The Kier molecular flexibility index (Phi) is 3.53. The fraction of sp³-hybridized carbons (Fsp3) is 0.105. The van der Waals surface area contributed by atoms with Gasteiger partial charge in [-0.15, -0.1) is 5.10 Å². The zero-order valence-electron chi connectivity index (χ0n) is 13.9. The Balaban J connectivity index is 1.31. The van der Waals surface area contributed by atoms with Crippen LogP contribution in [0, 0.1) is 0 Å². The molecule has 4 aromatic rings. The van der Waals surface area contributed by atoms with E-state index in [4.69, 9.17) is 18.3 Å². The van der Waals surface area contributed by atoms with Crippen LogP contribution in [0.1, 0.15) is 0 Å². The van der Waals surface area contributed by atoms with Crippen LogP contribution >= 0.6 is 0 Å². The van der Waals surface area contributed by atoms with Crippen LogP contribution in [-0.2, 0) is 4.79 Å². The second-order valence-electron chi connectivity index (χ2n) is 5.91. The molecule has 1 aliphatic rings. The normalized spacial score (nSPS) is 15.6. The maximum atomic E-state index is 12.4. The van der Waals surface area contributed by atoms with Crippen LogP contribution in [-0.4, -0.2) is 28.8 Å². The minimum Gasteiger partial charge on any atom is -0.485 e. The Hall–Kier alpha value is -3.81. The predicted molar refractivity (Wildman–Crippen MR) is 94.5 cm³/mol. The molecule has 0 spiro atoms. The lowest BCUT2D eigenvalue weighted by Gasteiger charge is -2.24. The highest BCUT2D eigenvalue weighted by molar-refractivity contribution is 5.93. The lowest BCUT2D eigenvalue weighted by molar-refractivity contribution is -0.125. The summed E-state index contributed by atoms with van der Waals surface area (Å²) in [6.07, 6.45) is -0.818. The standard InChI is InChI=1S/C19H13N3O5/c23-17(16-10-24-13-7-3-4-8-14(13)26-16)20-19-22-21-18(27-19)15-9-11-5-1-2-6-12(11)25-15/h1-9,16H,10H2,(H,20,22,23). The molecule has 5 rings (SSSR count). The summed E-state index contributed by atoms with van der Waals surface area (Å²) in [6.45, 7) is 0.0907. The van der Waals surface area contributed by atoms with E-state index in [1.54, 1.807) is 24.3 Å². The Morgan fingerprint density at radius 1 is 1.00 bits per heavy atom. The van der Waals surface area contributed by atoms with Crippen molar-refractivity contribution < 1.29 is 23.1 Å². The molecule has 0 radical (unpaired) electrons. The third-order valence-corrected chi connectivity index (χ3v) is 4.09. The van der Waals surface area contributed by atoms with E-state index in [1.165, 1.54) is 0 Å². The fourth-order valence-electron chi connectivity index (χ4n) is 2.80. The van der Waals surface area contributed by atoms with Crippen molar-refractivity contribution in [3.63, 3.8) is 0 Å². The van der Waals surface area contributed by atoms with E-state index >= 15 is 0 Å². The molecule has 2 aromatic carbocycles. The van der Waals surface area contributed by atoms with E-state index in [0.717, 1.165) is 5.39 Å². The number of aromatic nitrogens is 2. The van der Waals surface area contributed by atoms with Crippen molar-refractivity contribution in [1.29, 1.82) is 0 Å². The second-order valence-corrected chi connectivity index (χ2v) is 5.91. The van der Waals surface area contributed by atoms with Crippen molar-refractivity contribution in [2.75, 3.05) is 11.9 Å². The minimum absolute atomic E-state index is 0.0436. The van der Waals surface area contributed by atoms with Crippen LogP contribution in [0.25, 0.3) is 22.6 Å². The second kappa shape index (κ2) is 6.17. The average Bonchev–Trinajstić information content (AvgIpc) is 3.34. The largest absolute Gasteiger partial charge is 0.485 e. The molecule has 1 N–H and O–H groups in total. The number of hydrogen-bond acceptors (Lipinski definition) is 7. The van der Waals surface area contributed by atoms with E-state index in [0.29, 0.717) is 22.8 Å². The van der Waals surface area contributed by atoms with Crippen molar-refractivity contribution in [2.24, 2.45) is 0 Å². The first kappa shape index (κ1) is 15.4. The van der Waals surface area contributed by atoms with Crippen molar-refractivity contribution in [2.45, 2.75) is 6.10 Å². The highest BCUT2D eigenvalue weighted by Crippen LogP contribution is 2.31. The quantitative estimate of drug-likeness (QED) is 0.596. The minimum atomic E-state index is -0.818. The summed E-state index contributed by atoms with van der Waals surface area (Å²) < 4.78 is 22.3. The monoisotopic (exact) mass is 363 g/mol. The van der Waals surface area contributed by atoms with Crippen LogP contribution < -0.4 is 14.8 Å². The summed E-state index contributed by atoms with van der Waals surface area (Å²) in [4.78, 5) is 12.4. The van der Waals surface area contributed by atoms with Crippen LogP contribution in [0.15, 0.2) is 63.4 Å². The number of hydrogen-bond donors (Lipinski definition) is 1. The molecule has 3 heterocycles. The lowest BCUT2D eigenvalue weighted by Crippen LogP contribution is -2.40. The molecule has 0 bridgehead atoms. The number of nitrogens with one attached hydrogen (secondary N) is 1. The van der Waals surface area contributed by atoms with Gasteiger partial charge in [-0.2, -0.15) is 0 Å². The predicted octanol–water partition coefficient (Wildman–Crippen LogP) is 3.26. The number of amides is 1. The first-order valence-electron chi connectivity index (χ1n) is 8.28. The van der Waals surface area contributed by atoms with Crippen molar-refractivity contribution in [3.8, 4) is 23.1 Å². The molecule has 1 atom stereocenters. The molecule has 8 nitrogen and oxygen atoms in total. The van der Waals surface area contributed by atoms with Gasteiger partial charge in [-0.1, -0.05) is 35.4 Å². The van der Waals surface area contributed by atoms with Gasteiger partial charge < -0.3 is 18.3 Å². The van der Waals surface area contributed by atoms with Gasteiger partial charge in [-0.05, 0) is 24.3 Å². The summed E-state index contributed by atoms with van der Waals surface area (Å²) >= 11 is 0. The highest BCUT2D eigenvalue weighted by Gasteiger charge is 2.28. The summed E-state index contributed by atoms with van der Waals surface area (Å²) in [5.74, 6) is 1.27. The number of ether oxygens (including phenoxy) is 2. The number of anilines is 1. The maximum Gasteiger partial charge on any atom is 0.322 e. The zero-order valence-corrected chi connectivity index (χ0v) is 13.9. The molecule has 0 fully saturated rings. The van der Waals surface area contributed by atoms with E-state index in [9.17, 15) is 4.79 Å². The lowest BCUT2D eigenvalue weighted by atomic mass is 10.2. The van der Waals surface area contributed by atoms with E-state index < -0.39 is 12.0 Å². The van der Waals surface area contributed by atoms with E-state index in [2.05, 4.69) is 15.5 Å². The molecule has 0 aliphatic carbocycles. The fourth-order valence-corrected chi connectivity index (χ4v) is 2.80. The molecule has 0 saturated heterocycles. The van der Waals surface area contributed by atoms with Crippen molar-refractivity contribution in [1.82, 2.24) is 10.2 Å². The van der Waals surface area contributed by atoms with Gasteiger partial charge in [0.1, 0.15) is 12.2 Å². The molecule has 2 aromatic heterocycles. The smallest absolute Gasteiger partial charge is 0.322 e. The molecule has 1 unspecified atom stereocenters. The van der Waals surface area contributed by atoms with Gasteiger partial charge in [0.05, 0.1) is 0 Å². The molecule has 134 valence electrons. The molecular formula is C19H13N3O5. The van der Waals surface area contributed by atoms with E-state index in [-0.39, 0.29) is 18.5 Å². The van der Waals surface area contributed by atoms with Gasteiger partial charge in [0, 0.05) is 5.39 Å². The molecule has 8 heteroatoms. The number of fused-ring (bicyclic) bond motifs is 2. The Morgan fingerprint density at radius 3 is 2.70 bits per heavy atom.